The fraction of sp³-hybridized carbons (Fsp3) is 0.556. The van der Waals surface area contributed by atoms with Crippen LogP contribution < -0.4 is 5.69 Å². The van der Waals surface area contributed by atoms with Crippen molar-refractivity contribution in [3.05, 3.63) is 27.4 Å². The topological polar surface area (TPSA) is 45.8 Å². The van der Waals surface area contributed by atoms with Gasteiger partial charge >= 0.3 is 5.69 Å². The standard InChI is InChI=1S/C9H14N2O/c1-4-7-6(3)8(5-2)11-9(12)10-7/h4-5H2,1-3H3,(H,10,11,12). The summed E-state index contributed by atoms with van der Waals surface area (Å²) in [4.78, 5) is 17.6. The highest BCUT2D eigenvalue weighted by molar-refractivity contribution is 5.22. The number of nitrogens with zero attached hydrogens (tertiary/aromatic N) is 1. The van der Waals surface area contributed by atoms with Crippen LogP contribution in [-0.4, -0.2) is 9.97 Å². The van der Waals surface area contributed by atoms with Crippen LogP contribution in [0.1, 0.15) is 30.8 Å². The zero-order chi connectivity index (χ0) is 9.14. The van der Waals surface area contributed by atoms with Crippen LogP contribution in [0.4, 0.5) is 0 Å². The first-order valence-electron chi connectivity index (χ1n) is 4.27. The van der Waals surface area contributed by atoms with Gasteiger partial charge in [0.1, 0.15) is 0 Å². The van der Waals surface area contributed by atoms with E-state index in [0.717, 1.165) is 29.8 Å². The molecule has 0 aliphatic rings. The molecule has 0 unspecified atom stereocenters. The second-order valence-electron chi connectivity index (χ2n) is 2.80. The minimum atomic E-state index is -0.227. The SMILES string of the molecule is CCc1nc(=O)[nH]c(CC)c1C. The van der Waals surface area contributed by atoms with Crippen LogP contribution in [0.5, 0.6) is 0 Å². The van der Waals surface area contributed by atoms with E-state index in [-0.39, 0.29) is 5.69 Å². The maximum absolute atomic E-state index is 11.0. The summed E-state index contributed by atoms with van der Waals surface area (Å²) < 4.78 is 0. The number of rotatable bonds is 2. The molecule has 1 N–H and O–H groups in total. The van der Waals surface area contributed by atoms with Crippen molar-refractivity contribution in [2.45, 2.75) is 33.6 Å². The second kappa shape index (κ2) is 3.52. The molecule has 1 aromatic rings. The zero-order valence-corrected chi connectivity index (χ0v) is 7.77. The molecule has 1 rings (SSSR count). The average molecular weight is 166 g/mol. The van der Waals surface area contributed by atoms with Gasteiger partial charge in [0.05, 0.1) is 5.69 Å². The molecule has 1 aromatic heterocycles. The largest absolute Gasteiger partial charge is 0.345 e. The molecule has 0 amide bonds. The van der Waals surface area contributed by atoms with Crippen molar-refractivity contribution in [1.29, 1.82) is 0 Å². The van der Waals surface area contributed by atoms with Gasteiger partial charge in [-0.15, -0.1) is 0 Å². The van der Waals surface area contributed by atoms with Gasteiger partial charge < -0.3 is 4.98 Å². The van der Waals surface area contributed by atoms with Crippen molar-refractivity contribution in [3.8, 4) is 0 Å². The van der Waals surface area contributed by atoms with Gasteiger partial charge in [-0.05, 0) is 25.3 Å². The van der Waals surface area contributed by atoms with Gasteiger partial charge in [-0.2, -0.15) is 4.98 Å². The molecule has 0 saturated carbocycles. The number of aromatic nitrogens is 2. The number of nitrogens with one attached hydrogen (secondary N) is 1. The van der Waals surface area contributed by atoms with E-state index < -0.39 is 0 Å². The Labute approximate surface area is 71.9 Å². The average Bonchev–Trinajstić information content (AvgIpc) is 2.08. The fourth-order valence-electron chi connectivity index (χ4n) is 1.33. The van der Waals surface area contributed by atoms with Gasteiger partial charge in [0.15, 0.2) is 0 Å². The van der Waals surface area contributed by atoms with Crippen LogP contribution in [0.15, 0.2) is 4.79 Å². The van der Waals surface area contributed by atoms with E-state index in [0.29, 0.717) is 0 Å². The molecule has 3 heteroatoms. The molecule has 0 aliphatic carbocycles. The fourth-order valence-corrected chi connectivity index (χ4v) is 1.33. The van der Waals surface area contributed by atoms with E-state index in [9.17, 15) is 4.79 Å². The highest BCUT2D eigenvalue weighted by Crippen LogP contribution is 2.07. The molecular weight excluding hydrogens is 152 g/mol. The third kappa shape index (κ3) is 1.55. The molecule has 0 saturated heterocycles. The molecule has 12 heavy (non-hydrogen) atoms. The first kappa shape index (κ1) is 8.97. The molecule has 0 bridgehead atoms. The molecule has 0 radical (unpaired) electrons. The van der Waals surface area contributed by atoms with E-state index in [1.54, 1.807) is 0 Å². The van der Waals surface area contributed by atoms with Crippen LogP contribution >= 0.6 is 0 Å². The second-order valence-corrected chi connectivity index (χ2v) is 2.80. The summed E-state index contributed by atoms with van der Waals surface area (Å²) in [6.07, 6.45) is 1.68. The van der Waals surface area contributed by atoms with Crippen molar-refractivity contribution in [2.75, 3.05) is 0 Å². The molecule has 0 atom stereocenters. The summed E-state index contributed by atoms with van der Waals surface area (Å²) >= 11 is 0. The minimum Gasteiger partial charge on any atom is -0.310 e. The van der Waals surface area contributed by atoms with Crippen molar-refractivity contribution < 1.29 is 0 Å². The predicted octanol–water partition coefficient (Wildman–Crippen LogP) is 1.20. The van der Waals surface area contributed by atoms with E-state index in [1.807, 2.05) is 20.8 Å². The number of hydrogen-bond acceptors (Lipinski definition) is 2. The summed E-state index contributed by atoms with van der Waals surface area (Å²) in [6.45, 7) is 6.03. The maximum Gasteiger partial charge on any atom is 0.345 e. The van der Waals surface area contributed by atoms with Crippen molar-refractivity contribution >= 4 is 0 Å². The van der Waals surface area contributed by atoms with Crippen LogP contribution in [0, 0.1) is 6.92 Å². The van der Waals surface area contributed by atoms with Crippen LogP contribution in [0.25, 0.3) is 0 Å². The number of aryl methyl sites for hydroxylation is 2. The summed E-state index contributed by atoms with van der Waals surface area (Å²) in [6, 6.07) is 0. The lowest BCUT2D eigenvalue weighted by molar-refractivity contribution is 0.871. The predicted molar refractivity (Wildman–Crippen MR) is 48.4 cm³/mol. The summed E-state index contributed by atoms with van der Waals surface area (Å²) in [5, 5.41) is 0. The Bertz CT molecular complexity index is 300. The van der Waals surface area contributed by atoms with Gasteiger partial charge in [0, 0.05) is 5.69 Å². The van der Waals surface area contributed by atoms with E-state index in [1.165, 1.54) is 0 Å². The Balaban J connectivity index is 3.32. The molecule has 0 fully saturated rings. The summed E-state index contributed by atoms with van der Waals surface area (Å²) in [5.74, 6) is 0. The van der Waals surface area contributed by atoms with Crippen LogP contribution in [-0.2, 0) is 12.8 Å². The molecule has 3 nitrogen and oxygen atoms in total. The quantitative estimate of drug-likeness (QED) is 0.717. The normalized spacial score (nSPS) is 10.2. The first-order valence-corrected chi connectivity index (χ1v) is 4.27. The number of aromatic amines is 1. The van der Waals surface area contributed by atoms with Crippen LogP contribution in [0.2, 0.25) is 0 Å². The Kier molecular flexibility index (Phi) is 2.63. The molecule has 0 spiro atoms. The van der Waals surface area contributed by atoms with E-state index >= 15 is 0 Å². The van der Waals surface area contributed by atoms with E-state index in [4.69, 9.17) is 0 Å². The van der Waals surface area contributed by atoms with Crippen molar-refractivity contribution in [1.82, 2.24) is 9.97 Å². The molecule has 1 heterocycles. The molecule has 0 aliphatic heterocycles. The molecule has 0 aromatic carbocycles. The van der Waals surface area contributed by atoms with Crippen LogP contribution in [0.3, 0.4) is 0 Å². The van der Waals surface area contributed by atoms with Gasteiger partial charge in [-0.25, -0.2) is 4.79 Å². The lowest BCUT2D eigenvalue weighted by Crippen LogP contribution is -2.17. The minimum absolute atomic E-state index is 0.227. The van der Waals surface area contributed by atoms with Gasteiger partial charge in [0.2, 0.25) is 0 Å². The van der Waals surface area contributed by atoms with Crippen molar-refractivity contribution in [3.63, 3.8) is 0 Å². The third-order valence-electron chi connectivity index (χ3n) is 2.07. The monoisotopic (exact) mass is 166 g/mol. The molecule has 66 valence electrons. The Morgan fingerprint density at radius 3 is 2.50 bits per heavy atom. The maximum atomic E-state index is 11.0. The highest BCUT2D eigenvalue weighted by atomic mass is 16.1. The number of H-pyrrole nitrogens is 1. The highest BCUT2D eigenvalue weighted by Gasteiger charge is 2.03. The van der Waals surface area contributed by atoms with Gasteiger partial charge in [0.25, 0.3) is 0 Å². The Morgan fingerprint density at radius 2 is 2.00 bits per heavy atom. The van der Waals surface area contributed by atoms with Crippen molar-refractivity contribution in [2.24, 2.45) is 0 Å². The van der Waals surface area contributed by atoms with E-state index in [2.05, 4.69) is 9.97 Å². The molecular formula is C9H14N2O. The lowest BCUT2D eigenvalue weighted by atomic mass is 10.1. The number of hydrogen-bond donors (Lipinski definition) is 1. The van der Waals surface area contributed by atoms with Gasteiger partial charge in [-0.1, -0.05) is 13.8 Å². The first-order chi connectivity index (χ1) is 5.69. The van der Waals surface area contributed by atoms with Gasteiger partial charge in [-0.3, -0.25) is 0 Å². The third-order valence-corrected chi connectivity index (χ3v) is 2.07. The lowest BCUT2D eigenvalue weighted by Gasteiger charge is -2.05. The Morgan fingerprint density at radius 1 is 1.33 bits per heavy atom. The smallest absolute Gasteiger partial charge is 0.310 e. The zero-order valence-electron chi connectivity index (χ0n) is 7.77. The summed E-state index contributed by atoms with van der Waals surface area (Å²) in [5.41, 5.74) is 2.82. The Hall–Kier alpha value is -1.12. The summed E-state index contributed by atoms with van der Waals surface area (Å²) in [7, 11) is 0.